The molecule has 1 aromatic carbocycles. The average molecular weight is 268 g/mol. The summed E-state index contributed by atoms with van der Waals surface area (Å²) in [7, 11) is 0. The normalized spacial score (nSPS) is 14.4. The summed E-state index contributed by atoms with van der Waals surface area (Å²) < 4.78 is 0. The number of nitrogens with two attached hydrogens (primary N) is 1. The van der Waals surface area contributed by atoms with Crippen LogP contribution in [0.2, 0.25) is 0 Å². The Labute approximate surface area is 114 Å². The molecule has 2 atom stereocenters. The van der Waals surface area contributed by atoms with Gasteiger partial charge in [-0.3, -0.25) is 0 Å². The number of hydrogen-bond acceptors (Lipinski definition) is 4. The molecule has 0 saturated heterocycles. The van der Waals surface area contributed by atoms with Crippen molar-refractivity contribution >= 4 is 11.8 Å². The Morgan fingerprint density at radius 2 is 2.00 bits per heavy atom. The molecule has 0 aromatic heterocycles. The second-order valence-electron chi connectivity index (χ2n) is 4.35. The third-order valence-corrected chi connectivity index (χ3v) is 3.90. The zero-order valence-electron chi connectivity index (χ0n) is 11.2. The molecular weight excluding hydrogens is 244 g/mol. The highest BCUT2D eigenvalue weighted by molar-refractivity contribution is 7.98. The molecule has 0 aliphatic rings. The van der Waals surface area contributed by atoms with Crippen molar-refractivity contribution in [3.8, 4) is 0 Å². The van der Waals surface area contributed by atoms with Crippen LogP contribution < -0.4 is 11.1 Å². The molecule has 0 fully saturated rings. The van der Waals surface area contributed by atoms with Crippen LogP contribution in [0.4, 0.5) is 0 Å². The van der Waals surface area contributed by atoms with Crippen molar-refractivity contribution in [1.82, 2.24) is 5.32 Å². The lowest BCUT2D eigenvalue weighted by Gasteiger charge is -2.24. The predicted octanol–water partition coefficient (Wildman–Crippen LogP) is 2.16. The van der Waals surface area contributed by atoms with Crippen molar-refractivity contribution in [2.75, 3.05) is 19.4 Å². The lowest BCUT2D eigenvalue weighted by Crippen LogP contribution is -2.37. The summed E-state index contributed by atoms with van der Waals surface area (Å²) in [4.78, 5) is 1.26. The quantitative estimate of drug-likeness (QED) is 0.632. The lowest BCUT2D eigenvalue weighted by atomic mass is 10.0. The van der Waals surface area contributed by atoms with E-state index in [4.69, 9.17) is 10.8 Å². The fourth-order valence-electron chi connectivity index (χ4n) is 1.98. The largest absolute Gasteiger partial charge is 0.396 e. The van der Waals surface area contributed by atoms with E-state index in [0.29, 0.717) is 12.6 Å². The molecule has 0 aliphatic carbocycles. The zero-order valence-corrected chi connectivity index (χ0v) is 12.0. The molecule has 3 nitrogen and oxygen atoms in total. The first-order valence-corrected chi connectivity index (χ1v) is 7.68. The van der Waals surface area contributed by atoms with E-state index >= 15 is 0 Å². The number of aliphatic hydroxyl groups is 1. The molecule has 0 heterocycles. The summed E-state index contributed by atoms with van der Waals surface area (Å²) in [5.74, 6) is 0. The van der Waals surface area contributed by atoms with Crippen molar-refractivity contribution in [2.24, 2.45) is 5.73 Å². The third-order valence-electron chi connectivity index (χ3n) is 3.16. The van der Waals surface area contributed by atoms with E-state index in [1.54, 1.807) is 11.8 Å². The van der Waals surface area contributed by atoms with Crippen molar-refractivity contribution < 1.29 is 5.11 Å². The Morgan fingerprint density at radius 1 is 1.33 bits per heavy atom. The van der Waals surface area contributed by atoms with E-state index < -0.39 is 0 Å². The first-order valence-electron chi connectivity index (χ1n) is 6.46. The molecule has 18 heavy (non-hydrogen) atoms. The Hall–Kier alpha value is -0.550. The average Bonchev–Trinajstić information content (AvgIpc) is 2.43. The number of rotatable bonds is 8. The van der Waals surface area contributed by atoms with Crippen LogP contribution in [0.15, 0.2) is 29.2 Å². The number of hydrogen-bond donors (Lipinski definition) is 3. The fraction of sp³-hybridized carbons (Fsp3) is 0.571. The van der Waals surface area contributed by atoms with Gasteiger partial charge in [-0.05, 0) is 36.8 Å². The van der Waals surface area contributed by atoms with Gasteiger partial charge >= 0.3 is 0 Å². The van der Waals surface area contributed by atoms with Gasteiger partial charge in [-0.15, -0.1) is 11.8 Å². The van der Waals surface area contributed by atoms with E-state index in [1.807, 2.05) is 0 Å². The lowest BCUT2D eigenvalue weighted by molar-refractivity contribution is 0.256. The minimum absolute atomic E-state index is 0.164. The van der Waals surface area contributed by atoms with Gasteiger partial charge in [-0.2, -0.15) is 0 Å². The first-order chi connectivity index (χ1) is 8.74. The molecular formula is C14H24N2OS. The molecule has 1 aromatic rings. The summed E-state index contributed by atoms with van der Waals surface area (Å²) >= 11 is 1.74. The smallest absolute Gasteiger partial charge is 0.0446 e. The maximum atomic E-state index is 9.02. The minimum atomic E-state index is 0.164. The molecule has 4 N–H and O–H groups in total. The molecule has 4 heteroatoms. The van der Waals surface area contributed by atoms with Crippen molar-refractivity contribution in [3.05, 3.63) is 29.8 Å². The van der Waals surface area contributed by atoms with Crippen LogP contribution in [-0.2, 0) is 0 Å². The summed E-state index contributed by atoms with van der Waals surface area (Å²) in [6, 6.07) is 8.99. The van der Waals surface area contributed by atoms with Crippen molar-refractivity contribution in [2.45, 2.75) is 36.7 Å². The van der Waals surface area contributed by atoms with Crippen LogP contribution in [-0.4, -0.2) is 30.6 Å². The van der Waals surface area contributed by atoms with Gasteiger partial charge in [-0.25, -0.2) is 0 Å². The van der Waals surface area contributed by atoms with Crippen LogP contribution in [0.25, 0.3) is 0 Å². The van der Waals surface area contributed by atoms with E-state index in [1.165, 1.54) is 10.5 Å². The van der Waals surface area contributed by atoms with E-state index in [9.17, 15) is 0 Å². The number of benzene rings is 1. The van der Waals surface area contributed by atoms with Gasteiger partial charge in [0.1, 0.15) is 0 Å². The monoisotopic (exact) mass is 268 g/mol. The Kier molecular flexibility index (Phi) is 7.35. The first kappa shape index (κ1) is 15.5. The highest BCUT2D eigenvalue weighted by Gasteiger charge is 2.14. The van der Waals surface area contributed by atoms with Gasteiger partial charge in [0, 0.05) is 30.1 Å². The minimum Gasteiger partial charge on any atom is -0.396 e. The summed E-state index contributed by atoms with van der Waals surface area (Å²) in [6.45, 7) is 2.91. The maximum absolute atomic E-state index is 9.02. The standard InChI is InChI=1S/C14H24N2OS/c1-3-12(8-9-17)16-14(10-15)11-4-6-13(18-2)7-5-11/h4-7,12,14,16-17H,3,8-10,15H2,1-2H3. The summed E-state index contributed by atoms with van der Waals surface area (Å²) in [5.41, 5.74) is 7.06. The highest BCUT2D eigenvalue weighted by Crippen LogP contribution is 2.19. The molecule has 0 amide bonds. The number of thioether (sulfide) groups is 1. The van der Waals surface area contributed by atoms with Crippen molar-refractivity contribution in [1.29, 1.82) is 0 Å². The van der Waals surface area contributed by atoms with Gasteiger partial charge < -0.3 is 16.2 Å². The number of aliphatic hydroxyl groups excluding tert-OH is 1. The molecule has 102 valence electrons. The molecule has 0 aliphatic heterocycles. The molecule has 0 spiro atoms. The zero-order chi connectivity index (χ0) is 13.4. The van der Waals surface area contributed by atoms with Crippen LogP contribution in [0.1, 0.15) is 31.4 Å². The number of nitrogens with one attached hydrogen (secondary N) is 1. The highest BCUT2D eigenvalue weighted by atomic mass is 32.2. The third kappa shape index (κ3) is 4.61. The molecule has 0 radical (unpaired) electrons. The molecule has 1 rings (SSSR count). The molecule has 0 bridgehead atoms. The Balaban J connectivity index is 2.68. The molecule has 0 saturated carbocycles. The van der Waals surface area contributed by atoms with Crippen LogP contribution in [0.5, 0.6) is 0 Å². The van der Waals surface area contributed by atoms with Gasteiger partial charge in [0.05, 0.1) is 0 Å². The van der Waals surface area contributed by atoms with Gasteiger partial charge in [-0.1, -0.05) is 19.1 Å². The summed E-state index contributed by atoms with van der Waals surface area (Å²) in [6.07, 6.45) is 3.85. The van der Waals surface area contributed by atoms with E-state index in [0.717, 1.165) is 12.8 Å². The Morgan fingerprint density at radius 3 is 2.44 bits per heavy atom. The van der Waals surface area contributed by atoms with E-state index in [2.05, 4.69) is 42.8 Å². The summed E-state index contributed by atoms with van der Waals surface area (Å²) in [5, 5.41) is 12.5. The second kappa shape index (κ2) is 8.53. The van der Waals surface area contributed by atoms with Crippen LogP contribution in [0, 0.1) is 0 Å². The van der Waals surface area contributed by atoms with Gasteiger partial charge in [0.25, 0.3) is 0 Å². The van der Waals surface area contributed by atoms with Gasteiger partial charge in [0.2, 0.25) is 0 Å². The topological polar surface area (TPSA) is 58.3 Å². The van der Waals surface area contributed by atoms with Crippen LogP contribution in [0.3, 0.4) is 0 Å². The van der Waals surface area contributed by atoms with E-state index in [-0.39, 0.29) is 12.6 Å². The SMILES string of the molecule is CCC(CCO)NC(CN)c1ccc(SC)cc1. The fourth-order valence-corrected chi connectivity index (χ4v) is 2.39. The predicted molar refractivity (Wildman–Crippen MR) is 78.9 cm³/mol. The van der Waals surface area contributed by atoms with Crippen molar-refractivity contribution in [3.63, 3.8) is 0 Å². The van der Waals surface area contributed by atoms with Gasteiger partial charge in [0.15, 0.2) is 0 Å². The molecule has 2 unspecified atom stereocenters. The second-order valence-corrected chi connectivity index (χ2v) is 5.23. The van der Waals surface area contributed by atoms with Crippen LogP contribution >= 0.6 is 11.8 Å². The Bertz CT molecular complexity index is 329. The maximum Gasteiger partial charge on any atom is 0.0446 e.